The Balaban J connectivity index is 1.98. The van der Waals surface area contributed by atoms with Crippen molar-refractivity contribution >= 4 is 28.3 Å². The van der Waals surface area contributed by atoms with Crippen molar-refractivity contribution in [2.45, 2.75) is 0 Å². The van der Waals surface area contributed by atoms with Crippen LogP contribution >= 0.6 is 11.6 Å². The van der Waals surface area contributed by atoms with Gasteiger partial charge in [-0.2, -0.15) is 0 Å². The van der Waals surface area contributed by atoms with Gasteiger partial charge in [0.05, 0.1) is 34.7 Å². The highest BCUT2D eigenvalue weighted by Gasteiger charge is 2.21. The highest BCUT2D eigenvalue weighted by molar-refractivity contribution is 6.36. The van der Waals surface area contributed by atoms with Crippen molar-refractivity contribution in [1.82, 2.24) is 9.97 Å². The number of morpholine rings is 1. The molecule has 0 radical (unpaired) electrons. The van der Waals surface area contributed by atoms with Crippen molar-refractivity contribution < 1.29 is 14.2 Å². The van der Waals surface area contributed by atoms with E-state index in [2.05, 4.69) is 9.97 Å². The third-order valence-electron chi connectivity index (χ3n) is 4.19. The van der Waals surface area contributed by atoms with E-state index in [-0.39, 0.29) is 10.8 Å². The number of fused-ring (bicyclic) bond motifs is 1. The van der Waals surface area contributed by atoms with Gasteiger partial charge in [0.15, 0.2) is 5.82 Å². The topological polar surface area (TPSA) is 58.5 Å². The number of hydrogen-bond acceptors (Lipinski definition) is 5. The molecule has 1 fully saturated rings. The zero-order valence-electron chi connectivity index (χ0n) is 13.2. The fourth-order valence-electron chi connectivity index (χ4n) is 2.93. The third kappa shape index (κ3) is 2.88. The molecule has 1 aliphatic rings. The molecule has 0 spiro atoms. The largest absolute Gasteiger partial charge is 0.507 e. The Morgan fingerprint density at radius 2 is 1.84 bits per heavy atom. The van der Waals surface area contributed by atoms with E-state index >= 15 is 0 Å². The number of hydrogen-bond donors (Lipinski definition) is 1. The molecule has 4 rings (SSSR count). The van der Waals surface area contributed by atoms with E-state index < -0.39 is 5.82 Å². The molecule has 0 saturated carbocycles. The summed E-state index contributed by atoms with van der Waals surface area (Å²) < 4.78 is 19.4. The zero-order chi connectivity index (χ0) is 17.4. The van der Waals surface area contributed by atoms with Crippen molar-refractivity contribution in [2.75, 3.05) is 31.2 Å². The summed E-state index contributed by atoms with van der Waals surface area (Å²) in [6.07, 6.45) is 0. The normalized spacial score (nSPS) is 14.9. The SMILES string of the molecule is Oc1ccccc1-c1nc(N2CCOCC2)c2c(Cl)c(F)ccc2n1. The van der Waals surface area contributed by atoms with Gasteiger partial charge in [-0.25, -0.2) is 14.4 Å². The molecule has 0 amide bonds. The molecule has 25 heavy (non-hydrogen) atoms. The highest BCUT2D eigenvalue weighted by Crippen LogP contribution is 2.36. The predicted octanol–water partition coefficient (Wildman–Crippen LogP) is 3.63. The van der Waals surface area contributed by atoms with Gasteiger partial charge < -0.3 is 14.7 Å². The minimum absolute atomic E-state index is 0.00262. The first-order valence-corrected chi connectivity index (χ1v) is 8.30. The molecule has 2 heterocycles. The molecular formula is C18H15ClFN3O2. The number of aromatic hydroxyl groups is 1. The lowest BCUT2D eigenvalue weighted by molar-refractivity contribution is 0.122. The van der Waals surface area contributed by atoms with Crippen LogP contribution in [0, 0.1) is 5.82 Å². The Bertz CT molecular complexity index is 945. The number of benzene rings is 2. The number of anilines is 1. The van der Waals surface area contributed by atoms with E-state index in [4.69, 9.17) is 16.3 Å². The maximum atomic E-state index is 14.0. The number of phenols is 1. The van der Waals surface area contributed by atoms with Gasteiger partial charge in [0.2, 0.25) is 0 Å². The molecule has 1 saturated heterocycles. The number of halogens is 2. The van der Waals surface area contributed by atoms with Crippen LogP contribution in [0.1, 0.15) is 0 Å². The van der Waals surface area contributed by atoms with Crippen molar-refractivity contribution in [1.29, 1.82) is 0 Å². The van der Waals surface area contributed by atoms with Crippen molar-refractivity contribution in [3.63, 3.8) is 0 Å². The molecule has 0 unspecified atom stereocenters. The van der Waals surface area contributed by atoms with Crippen LogP contribution in [0.5, 0.6) is 5.75 Å². The number of ether oxygens (including phenoxy) is 1. The smallest absolute Gasteiger partial charge is 0.165 e. The quantitative estimate of drug-likeness (QED) is 0.757. The third-order valence-corrected chi connectivity index (χ3v) is 4.56. The Hall–Kier alpha value is -2.44. The van der Waals surface area contributed by atoms with Gasteiger partial charge in [0, 0.05) is 13.1 Å². The van der Waals surface area contributed by atoms with Crippen LogP contribution < -0.4 is 4.90 Å². The maximum Gasteiger partial charge on any atom is 0.165 e. The van der Waals surface area contributed by atoms with Gasteiger partial charge in [-0.3, -0.25) is 0 Å². The number of aromatic nitrogens is 2. The summed E-state index contributed by atoms with van der Waals surface area (Å²) in [5.41, 5.74) is 1.04. The van der Waals surface area contributed by atoms with Crippen LogP contribution in [-0.2, 0) is 4.74 Å². The predicted molar refractivity (Wildman–Crippen MR) is 94.6 cm³/mol. The zero-order valence-corrected chi connectivity index (χ0v) is 14.0. The molecule has 7 heteroatoms. The first-order valence-electron chi connectivity index (χ1n) is 7.92. The summed E-state index contributed by atoms with van der Waals surface area (Å²) in [4.78, 5) is 11.1. The van der Waals surface area contributed by atoms with Crippen LogP contribution in [0.15, 0.2) is 36.4 Å². The fourth-order valence-corrected chi connectivity index (χ4v) is 3.17. The lowest BCUT2D eigenvalue weighted by atomic mass is 10.1. The molecule has 2 aromatic carbocycles. The van der Waals surface area contributed by atoms with Gasteiger partial charge in [0.1, 0.15) is 17.4 Å². The minimum Gasteiger partial charge on any atom is -0.507 e. The Kier molecular flexibility index (Phi) is 4.15. The van der Waals surface area contributed by atoms with Crippen LogP contribution in [0.3, 0.4) is 0 Å². The molecule has 1 aromatic heterocycles. The number of para-hydroxylation sites is 1. The standard InChI is InChI=1S/C18H15ClFN3O2/c19-16-12(20)5-6-13-15(16)18(23-7-9-25-10-8-23)22-17(21-13)11-3-1-2-4-14(11)24/h1-6,24H,7-10H2. The second kappa shape index (κ2) is 6.46. The molecule has 0 bridgehead atoms. The van der Waals surface area contributed by atoms with E-state index in [1.54, 1.807) is 30.3 Å². The average molecular weight is 360 g/mol. The van der Waals surface area contributed by atoms with Crippen molar-refractivity contribution in [2.24, 2.45) is 0 Å². The maximum absolute atomic E-state index is 14.0. The average Bonchev–Trinajstić information content (AvgIpc) is 2.65. The van der Waals surface area contributed by atoms with Crippen LogP contribution in [0.2, 0.25) is 5.02 Å². The number of nitrogens with zero attached hydrogens (tertiary/aromatic N) is 3. The molecule has 1 aliphatic heterocycles. The molecule has 0 atom stereocenters. The van der Waals surface area contributed by atoms with Gasteiger partial charge in [-0.1, -0.05) is 23.7 Å². The second-order valence-corrected chi connectivity index (χ2v) is 6.12. The first-order chi connectivity index (χ1) is 12.1. The van der Waals surface area contributed by atoms with Crippen LogP contribution in [0.25, 0.3) is 22.3 Å². The van der Waals surface area contributed by atoms with Crippen LogP contribution in [0.4, 0.5) is 10.2 Å². The summed E-state index contributed by atoms with van der Waals surface area (Å²) in [5, 5.41) is 10.6. The van der Waals surface area contributed by atoms with Gasteiger partial charge in [-0.15, -0.1) is 0 Å². The fraction of sp³-hybridized carbons (Fsp3) is 0.222. The Morgan fingerprint density at radius 3 is 2.60 bits per heavy atom. The van der Waals surface area contributed by atoms with E-state index in [0.717, 1.165) is 0 Å². The summed E-state index contributed by atoms with van der Waals surface area (Å²) in [6.45, 7) is 2.37. The molecule has 3 aromatic rings. The van der Waals surface area contributed by atoms with Gasteiger partial charge in [0.25, 0.3) is 0 Å². The van der Waals surface area contributed by atoms with Gasteiger partial charge in [-0.05, 0) is 24.3 Å². The van der Waals surface area contributed by atoms with Crippen molar-refractivity contribution in [3.05, 3.63) is 47.2 Å². The second-order valence-electron chi connectivity index (χ2n) is 5.74. The molecule has 1 N–H and O–H groups in total. The minimum atomic E-state index is -0.511. The molecule has 0 aliphatic carbocycles. The summed E-state index contributed by atoms with van der Waals surface area (Å²) >= 11 is 6.22. The Morgan fingerprint density at radius 1 is 1.08 bits per heavy atom. The summed E-state index contributed by atoms with van der Waals surface area (Å²) in [5.74, 6) is 0.497. The van der Waals surface area contributed by atoms with E-state index in [9.17, 15) is 9.50 Å². The van der Waals surface area contributed by atoms with E-state index in [0.29, 0.717) is 54.4 Å². The lowest BCUT2D eigenvalue weighted by Gasteiger charge is -2.29. The highest BCUT2D eigenvalue weighted by atomic mass is 35.5. The number of phenolic OH excluding ortho intramolecular Hbond substituents is 1. The molecule has 5 nitrogen and oxygen atoms in total. The summed E-state index contributed by atoms with van der Waals surface area (Å²) in [6, 6.07) is 9.71. The monoisotopic (exact) mass is 359 g/mol. The molecule has 128 valence electrons. The first kappa shape index (κ1) is 16.1. The Labute approximate surface area is 148 Å². The van der Waals surface area contributed by atoms with Crippen molar-refractivity contribution in [3.8, 4) is 17.1 Å². The van der Waals surface area contributed by atoms with Gasteiger partial charge >= 0.3 is 0 Å². The van der Waals surface area contributed by atoms with E-state index in [1.165, 1.54) is 6.07 Å². The molecular weight excluding hydrogens is 345 g/mol. The van der Waals surface area contributed by atoms with E-state index in [1.807, 2.05) is 4.90 Å². The lowest BCUT2D eigenvalue weighted by Crippen LogP contribution is -2.37. The summed E-state index contributed by atoms with van der Waals surface area (Å²) in [7, 11) is 0. The number of rotatable bonds is 2. The van der Waals surface area contributed by atoms with Crippen LogP contribution in [-0.4, -0.2) is 41.4 Å².